The Morgan fingerprint density at radius 1 is 0.947 bits per heavy atom. The molecule has 198 valence electrons. The summed E-state index contributed by atoms with van der Waals surface area (Å²) >= 11 is 0. The molecule has 1 fully saturated rings. The number of anilines is 1. The van der Waals surface area contributed by atoms with Crippen LogP contribution in [-0.4, -0.2) is 42.2 Å². The van der Waals surface area contributed by atoms with Gasteiger partial charge < -0.3 is 4.90 Å². The normalized spacial score (nSPS) is 13.9. The zero-order valence-corrected chi connectivity index (χ0v) is 22.4. The first-order valence-electron chi connectivity index (χ1n) is 12.8. The van der Waals surface area contributed by atoms with Crippen molar-refractivity contribution in [1.29, 1.82) is 0 Å². The third kappa shape index (κ3) is 5.47. The van der Waals surface area contributed by atoms with Crippen LogP contribution in [0.5, 0.6) is 0 Å². The van der Waals surface area contributed by atoms with Crippen molar-refractivity contribution in [3.05, 3.63) is 95.3 Å². The molecule has 0 aliphatic carbocycles. The summed E-state index contributed by atoms with van der Waals surface area (Å²) in [6.45, 7) is 6.34. The standard InChI is InChI=1S/C29H31N5O3S.H2/c1-21-10-9-11-22(2)25(21)20-34-27(29(35)32-38(36,37)24-12-5-3-6-13-24)18-26(31-34)23-14-15-28(30-19-23)33-16-7-4-8-17-33;/h3,5-6,9-15,18-19H,4,7-8,16-17,20H2,1-2H3,(H,32,35);1H. The third-order valence-electron chi connectivity index (χ3n) is 6.97. The maximum Gasteiger partial charge on any atom is 0.283 e. The molecule has 0 unspecified atom stereocenters. The van der Waals surface area contributed by atoms with Crippen LogP contribution in [0, 0.1) is 13.8 Å². The Hall–Kier alpha value is -3.98. The SMILES string of the molecule is Cc1cccc(C)c1Cn1nc(-c2ccc(N3CCCCC3)nc2)cc1C(=O)NS(=O)(=O)c1ccccc1.[HH]. The number of sulfonamides is 1. The lowest BCUT2D eigenvalue weighted by molar-refractivity contribution is 0.0971. The Morgan fingerprint density at radius 2 is 1.66 bits per heavy atom. The second-order valence-electron chi connectivity index (χ2n) is 9.64. The van der Waals surface area contributed by atoms with Gasteiger partial charge in [0.15, 0.2) is 0 Å². The van der Waals surface area contributed by atoms with Crippen LogP contribution in [0.1, 0.15) is 47.9 Å². The number of benzene rings is 2. The summed E-state index contributed by atoms with van der Waals surface area (Å²) in [7, 11) is -4.05. The highest BCUT2D eigenvalue weighted by atomic mass is 32.2. The number of rotatable bonds is 7. The van der Waals surface area contributed by atoms with Crippen LogP contribution in [-0.2, 0) is 16.6 Å². The quantitative estimate of drug-likeness (QED) is 0.362. The number of carbonyl (C=O) groups excluding carboxylic acids is 1. The second-order valence-corrected chi connectivity index (χ2v) is 11.3. The Balaban J connectivity index is 0.00000353. The first kappa shape index (κ1) is 25.7. The molecule has 0 spiro atoms. The number of carbonyl (C=O) groups is 1. The van der Waals surface area contributed by atoms with E-state index in [0.717, 1.165) is 54.0 Å². The van der Waals surface area contributed by atoms with E-state index >= 15 is 0 Å². The van der Waals surface area contributed by atoms with Crippen LogP contribution in [0.25, 0.3) is 11.3 Å². The molecule has 9 heteroatoms. The van der Waals surface area contributed by atoms with Gasteiger partial charge in [-0.05, 0) is 80.1 Å². The second kappa shape index (κ2) is 10.8. The van der Waals surface area contributed by atoms with Crippen LogP contribution in [0.2, 0.25) is 0 Å². The number of hydrogen-bond acceptors (Lipinski definition) is 6. The summed E-state index contributed by atoms with van der Waals surface area (Å²) in [5, 5.41) is 4.73. The van der Waals surface area contributed by atoms with E-state index in [4.69, 9.17) is 5.10 Å². The van der Waals surface area contributed by atoms with Crippen LogP contribution in [0.15, 0.2) is 77.8 Å². The molecule has 4 aromatic rings. The van der Waals surface area contributed by atoms with Gasteiger partial charge >= 0.3 is 0 Å². The minimum Gasteiger partial charge on any atom is -0.357 e. The monoisotopic (exact) mass is 531 g/mol. The van der Waals surface area contributed by atoms with Gasteiger partial charge in [-0.2, -0.15) is 5.10 Å². The summed E-state index contributed by atoms with van der Waals surface area (Å²) in [4.78, 5) is 20.3. The van der Waals surface area contributed by atoms with Crippen LogP contribution in [0.3, 0.4) is 0 Å². The lowest BCUT2D eigenvalue weighted by Crippen LogP contribution is -2.32. The number of aryl methyl sites for hydroxylation is 2. The van der Waals surface area contributed by atoms with E-state index in [1.165, 1.54) is 18.6 Å². The lowest BCUT2D eigenvalue weighted by Gasteiger charge is -2.27. The number of pyridine rings is 1. The summed E-state index contributed by atoms with van der Waals surface area (Å²) in [6, 6.07) is 19.4. The van der Waals surface area contributed by atoms with Gasteiger partial charge in [-0.1, -0.05) is 36.4 Å². The summed E-state index contributed by atoms with van der Waals surface area (Å²) < 4.78 is 29.5. The highest BCUT2D eigenvalue weighted by molar-refractivity contribution is 7.90. The maximum atomic E-state index is 13.3. The fraction of sp³-hybridized carbons (Fsp3) is 0.276. The van der Waals surface area contributed by atoms with Crippen molar-refractivity contribution in [1.82, 2.24) is 19.5 Å². The van der Waals surface area contributed by atoms with Crippen molar-refractivity contribution in [2.45, 2.75) is 44.6 Å². The molecule has 0 bridgehead atoms. The largest absolute Gasteiger partial charge is 0.357 e. The van der Waals surface area contributed by atoms with E-state index in [0.29, 0.717) is 12.2 Å². The number of aromatic nitrogens is 3. The number of amides is 1. The zero-order chi connectivity index (χ0) is 26.7. The third-order valence-corrected chi connectivity index (χ3v) is 8.32. The molecule has 3 heterocycles. The maximum absolute atomic E-state index is 13.3. The molecule has 2 aromatic heterocycles. The molecule has 1 amide bonds. The fourth-order valence-corrected chi connectivity index (χ4v) is 5.77. The molecule has 0 saturated carbocycles. The number of nitrogens with zero attached hydrogens (tertiary/aromatic N) is 4. The Bertz CT molecular complexity index is 1530. The van der Waals surface area contributed by atoms with Crippen molar-refractivity contribution >= 4 is 21.7 Å². The minimum absolute atomic E-state index is 0. The summed E-state index contributed by atoms with van der Waals surface area (Å²) in [5.74, 6) is 0.187. The van der Waals surface area contributed by atoms with Crippen LogP contribution >= 0.6 is 0 Å². The Morgan fingerprint density at radius 3 is 2.32 bits per heavy atom. The van der Waals surface area contributed by atoms with E-state index in [-0.39, 0.29) is 12.0 Å². The first-order chi connectivity index (χ1) is 18.3. The predicted octanol–water partition coefficient (Wildman–Crippen LogP) is 4.97. The lowest BCUT2D eigenvalue weighted by atomic mass is 10.0. The summed E-state index contributed by atoms with van der Waals surface area (Å²) in [6.07, 6.45) is 5.34. The van der Waals surface area contributed by atoms with E-state index in [2.05, 4.69) is 14.6 Å². The van der Waals surface area contributed by atoms with Gasteiger partial charge in [-0.3, -0.25) is 9.48 Å². The van der Waals surface area contributed by atoms with Crippen molar-refractivity contribution in [2.75, 3.05) is 18.0 Å². The molecule has 1 saturated heterocycles. The molecular formula is C29H33N5O3S. The molecule has 0 radical (unpaired) electrons. The molecular weight excluding hydrogens is 498 g/mol. The minimum atomic E-state index is -4.05. The predicted molar refractivity (Wildman–Crippen MR) is 150 cm³/mol. The highest BCUT2D eigenvalue weighted by Gasteiger charge is 2.24. The molecule has 38 heavy (non-hydrogen) atoms. The summed E-state index contributed by atoms with van der Waals surface area (Å²) in [5.41, 5.74) is 4.63. The zero-order valence-electron chi connectivity index (χ0n) is 21.6. The first-order valence-corrected chi connectivity index (χ1v) is 14.3. The average Bonchev–Trinajstić information content (AvgIpc) is 3.36. The molecule has 1 N–H and O–H groups in total. The molecule has 0 atom stereocenters. The van der Waals surface area contributed by atoms with E-state index < -0.39 is 15.9 Å². The van der Waals surface area contributed by atoms with Gasteiger partial charge in [-0.25, -0.2) is 18.1 Å². The van der Waals surface area contributed by atoms with Crippen molar-refractivity contribution in [3.8, 4) is 11.3 Å². The topological polar surface area (TPSA) is 97.2 Å². The van der Waals surface area contributed by atoms with Crippen molar-refractivity contribution in [3.63, 3.8) is 0 Å². The Kier molecular flexibility index (Phi) is 7.28. The Labute approximate surface area is 224 Å². The number of hydrogen-bond donors (Lipinski definition) is 1. The van der Waals surface area contributed by atoms with Crippen LogP contribution < -0.4 is 9.62 Å². The molecule has 2 aromatic carbocycles. The van der Waals surface area contributed by atoms with Crippen LogP contribution in [0.4, 0.5) is 5.82 Å². The van der Waals surface area contributed by atoms with Crippen molar-refractivity contribution < 1.29 is 14.6 Å². The van der Waals surface area contributed by atoms with Gasteiger partial charge in [0.25, 0.3) is 15.9 Å². The molecule has 1 aliphatic rings. The van der Waals surface area contributed by atoms with Gasteiger partial charge in [-0.15, -0.1) is 0 Å². The van der Waals surface area contributed by atoms with E-state index in [1.54, 1.807) is 35.1 Å². The van der Waals surface area contributed by atoms with Gasteiger partial charge in [0.2, 0.25) is 0 Å². The molecule has 5 rings (SSSR count). The number of nitrogens with one attached hydrogen (secondary N) is 1. The van der Waals surface area contributed by atoms with Gasteiger partial charge in [0, 0.05) is 26.3 Å². The fourth-order valence-electron chi connectivity index (χ4n) is 4.79. The average molecular weight is 532 g/mol. The van der Waals surface area contributed by atoms with Crippen molar-refractivity contribution in [2.24, 2.45) is 0 Å². The van der Waals surface area contributed by atoms with Gasteiger partial charge in [0.05, 0.1) is 17.1 Å². The number of piperidine rings is 1. The smallest absolute Gasteiger partial charge is 0.283 e. The molecule has 1 aliphatic heterocycles. The van der Waals surface area contributed by atoms with Gasteiger partial charge in [0.1, 0.15) is 11.5 Å². The molecule has 8 nitrogen and oxygen atoms in total. The van der Waals surface area contributed by atoms with E-state index in [9.17, 15) is 13.2 Å². The van der Waals surface area contributed by atoms with E-state index in [1.807, 2.05) is 44.2 Å². The highest BCUT2D eigenvalue weighted by Crippen LogP contribution is 2.25.